The van der Waals surface area contributed by atoms with Gasteiger partial charge in [-0.3, -0.25) is 9.88 Å². The zero-order valence-electron chi connectivity index (χ0n) is 26.1. The molecule has 0 bridgehead atoms. The molecule has 1 unspecified atom stereocenters. The van der Waals surface area contributed by atoms with Gasteiger partial charge in [0.15, 0.2) is 17.7 Å². The lowest BCUT2D eigenvalue weighted by Crippen LogP contribution is -2.34. The molecule has 5 rings (SSSR count). The fourth-order valence-corrected chi connectivity index (χ4v) is 6.38. The van der Waals surface area contributed by atoms with Gasteiger partial charge in [0.1, 0.15) is 5.82 Å². The molecular weight excluding hydrogens is 550 g/mol. The van der Waals surface area contributed by atoms with Crippen LogP contribution in [0.3, 0.4) is 0 Å². The van der Waals surface area contributed by atoms with Crippen LogP contribution in [-0.2, 0) is 35.3 Å². The molecule has 8 heteroatoms. The maximum absolute atomic E-state index is 15.6. The molecule has 0 saturated carbocycles. The minimum Gasteiger partial charge on any atom is -0.490 e. The Balaban J connectivity index is 1.59. The second-order valence-electron chi connectivity index (χ2n) is 12.9. The lowest BCUT2D eigenvalue weighted by molar-refractivity contribution is -0.160. The first kappa shape index (κ1) is 31.1. The Hall–Kier alpha value is -3.36. The summed E-state index contributed by atoms with van der Waals surface area (Å²) in [4.78, 5) is 20.0. The Morgan fingerprint density at radius 2 is 1.88 bits per heavy atom. The van der Waals surface area contributed by atoms with Crippen molar-refractivity contribution in [3.63, 3.8) is 0 Å². The van der Waals surface area contributed by atoms with E-state index in [0.29, 0.717) is 59.7 Å². The molecule has 2 aliphatic heterocycles. The third kappa shape index (κ3) is 6.60. The molecule has 2 aliphatic rings. The highest BCUT2D eigenvalue weighted by atomic mass is 19.1. The number of rotatable bonds is 8. The quantitative estimate of drug-likeness (QED) is 0.298. The van der Waals surface area contributed by atoms with Crippen molar-refractivity contribution in [1.82, 2.24) is 9.88 Å². The standard InChI is InChI=1S/C35H42F2N2O4/c1-20-11-12-23(17-27(20)36)9-7-14-39-15-13-29-26(19-39)31(25-18-28(37)32-24(21(25)2)10-8-16-42-32)30(22(3)38-29)33(34(40)41)43-35(4,5)6/h11-12,17-18,33H,7-10,13-16,19H2,1-6H3,(H,40,41). The third-order valence-corrected chi connectivity index (χ3v) is 8.50. The first-order valence-corrected chi connectivity index (χ1v) is 15.2. The van der Waals surface area contributed by atoms with Crippen LogP contribution in [0.5, 0.6) is 5.75 Å². The number of carboxylic acid groups (broad SMARTS) is 1. The Morgan fingerprint density at radius 3 is 2.58 bits per heavy atom. The number of fused-ring (bicyclic) bond motifs is 2. The number of hydrogen-bond donors (Lipinski definition) is 1. The largest absolute Gasteiger partial charge is 0.490 e. The lowest BCUT2D eigenvalue weighted by atomic mass is 9.83. The monoisotopic (exact) mass is 592 g/mol. The number of carbonyl (C=O) groups is 1. The van der Waals surface area contributed by atoms with E-state index in [1.165, 1.54) is 6.07 Å². The topological polar surface area (TPSA) is 71.9 Å². The van der Waals surface area contributed by atoms with Crippen LogP contribution in [0.2, 0.25) is 0 Å². The molecule has 43 heavy (non-hydrogen) atoms. The van der Waals surface area contributed by atoms with E-state index in [9.17, 15) is 14.3 Å². The van der Waals surface area contributed by atoms with Crippen molar-refractivity contribution in [3.8, 4) is 16.9 Å². The number of aryl methyl sites for hydroxylation is 3. The number of ether oxygens (including phenoxy) is 2. The average molecular weight is 593 g/mol. The maximum atomic E-state index is 15.6. The average Bonchev–Trinajstić information content (AvgIpc) is 2.95. The number of pyridine rings is 1. The molecule has 0 fully saturated rings. The summed E-state index contributed by atoms with van der Waals surface area (Å²) >= 11 is 0. The van der Waals surface area contributed by atoms with Crippen molar-refractivity contribution in [3.05, 3.63) is 80.7 Å². The van der Waals surface area contributed by atoms with Crippen LogP contribution < -0.4 is 4.74 Å². The molecule has 0 spiro atoms. The van der Waals surface area contributed by atoms with Crippen molar-refractivity contribution >= 4 is 5.97 Å². The molecule has 2 aromatic carbocycles. The summed E-state index contributed by atoms with van der Waals surface area (Å²) in [5.74, 6) is -1.44. The molecular formula is C35H42F2N2O4. The molecule has 230 valence electrons. The smallest absolute Gasteiger partial charge is 0.337 e. The second-order valence-corrected chi connectivity index (χ2v) is 12.9. The third-order valence-electron chi connectivity index (χ3n) is 8.50. The van der Waals surface area contributed by atoms with E-state index in [1.807, 2.05) is 46.8 Å². The van der Waals surface area contributed by atoms with E-state index in [-0.39, 0.29) is 5.82 Å². The predicted molar refractivity (Wildman–Crippen MR) is 163 cm³/mol. The zero-order chi connectivity index (χ0) is 31.1. The van der Waals surface area contributed by atoms with Gasteiger partial charge in [0.2, 0.25) is 0 Å². The molecule has 0 amide bonds. The van der Waals surface area contributed by atoms with Gasteiger partial charge in [-0.25, -0.2) is 13.6 Å². The lowest BCUT2D eigenvalue weighted by Gasteiger charge is -2.34. The van der Waals surface area contributed by atoms with Gasteiger partial charge in [0.05, 0.1) is 12.2 Å². The number of hydrogen-bond acceptors (Lipinski definition) is 5. The van der Waals surface area contributed by atoms with Gasteiger partial charge in [0, 0.05) is 42.0 Å². The SMILES string of the molecule is Cc1ccc(CCCN2CCc3nc(C)c(C(OC(C)(C)C)C(=O)O)c(-c4cc(F)c5c(c4C)CCCO5)c3C2)cc1F. The highest BCUT2D eigenvalue weighted by molar-refractivity contribution is 5.84. The second kappa shape index (κ2) is 12.3. The summed E-state index contributed by atoms with van der Waals surface area (Å²) in [6.07, 6.45) is 2.49. The number of aliphatic carboxylic acids is 1. The Bertz CT molecular complexity index is 1550. The fourth-order valence-electron chi connectivity index (χ4n) is 6.38. The number of benzene rings is 2. The molecule has 0 saturated heterocycles. The van der Waals surface area contributed by atoms with Crippen LogP contribution in [-0.4, -0.2) is 46.3 Å². The molecule has 3 heterocycles. The normalized spacial score (nSPS) is 15.9. The van der Waals surface area contributed by atoms with Crippen molar-refractivity contribution in [2.24, 2.45) is 0 Å². The van der Waals surface area contributed by atoms with Crippen LogP contribution >= 0.6 is 0 Å². The van der Waals surface area contributed by atoms with E-state index in [4.69, 9.17) is 14.5 Å². The minimum absolute atomic E-state index is 0.188. The van der Waals surface area contributed by atoms with E-state index in [2.05, 4.69) is 4.90 Å². The Morgan fingerprint density at radius 1 is 1.12 bits per heavy atom. The number of nitrogens with zero attached hydrogens (tertiary/aromatic N) is 2. The molecule has 0 aliphatic carbocycles. The predicted octanol–water partition coefficient (Wildman–Crippen LogP) is 7.21. The van der Waals surface area contributed by atoms with Gasteiger partial charge in [-0.2, -0.15) is 0 Å². The summed E-state index contributed by atoms with van der Waals surface area (Å²) < 4.78 is 41.6. The molecule has 1 aromatic heterocycles. The van der Waals surface area contributed by atoms with Gasteiger partial charge >= 0.3 is 5.97 Å². The Labute approximate surface area is 253 Å². The van der Waals surface area contributed by atoms with Gasteiger partial charge < -0.3 is 14.6 Å². The van der Waals surface area contributed by atoms with Crippen LogP contribution in [0.15, 0.2) is 24.3 Å². The zero-order valence-corrected chi connectivity index (χ0v) is 26.1. The highest BCUT2D eigenvalue weighted by Crippen LogP contribution is 2.44. The van der Waals surface area contributed by atoms with Crippen LogP contribution in [0.25, 0.3) is 11.1 Å². The van der Waals surface area contributed by atoms with Gasteiger partial charge in [-0.05, 0) is 119 Å². The number of aromatic nitrogens is 1. The van der Waals surface area contributed by atoms with Crippen molar-refractivity contribution in [1.29, 1.82) is 0 Å². The van der Waals surface area contributed by atoms with Gasteiger partial charge in [0.25, 0.3) is 0 Å². The number of carboxylic acids is 1. The molecule has 0 radical (unpaired) electrons. The maximum Gasteiger partial charge on any atom is 0.337 e. The van der Waals surface area contributed by atoms with Crippen molar-refractivity contribution in [2.45, 2.75) is 91.9 Å². The fraction of sp³-hybridized carbons (Fsp3) is 0.486. The van der Waals surface area contributed by atoms with E-state index < -0.39 is 23.5 Å². The van der Waals surface area contributed by atoms with Gasteiger partial charge in [-0.1, -0.05) is 12.1 Å². The summed E-state index contributed by atoms with van der Waals surface area (Å²) in [5.41, 5.74) is 6.82. The van der Waals surface area contributed by atoms with Gasteiger partial charge in [-0.15, -0.1) is 0 Å². The van der Waals surface area contributed by atoms with Crippen molar-refractivity contribution < 1.29 is 28.2 Å². The highest BCUT2D eigenvalue weighted by Gasteiger charge is 2.36. The first-order chi connectivity index (χ1) is 20.3. The summed E-state index contributed by atoms with van der Waals surface area (Å²) in [6.45, 7) is 13.6. The summed E-state index contributed by atoms with van der Waals surface area (Å²) in [5, 5.41) is 10.4. The molecule has 6 nitrogen and oxygen atoms in total. The summed E-state index contributed by atoms with van der Waals surface area (Å²) in [7, 11) is 0. The van der Waals surface area contributed by atoms with Crippen LogP contribution in [0.4, 0.5) is 8.78 Å². The molecule has 1 atom stereocenters. The summed E-state index contributed by atoms with van der Waals surface area (Å²) in [6, 6.07) is 6.89. The van der Waals surface area contributed by atoms with E-state index in [1.54, 1.807) is 13.0 Å². The minimum atomic E-state index is -1.28. The van der Waals surface area contributed by atoms with E-state index in [0.717, 1.165) is 60.3 Å². The molecule has 3 aromatic rings. The van der Waals surface area contributed by atoms with Crippen LogP contribution in [0.1, 0.15) is 84.5 Å². The van der Waals surface area contributed by atoms with Crippen molar-refractivity contribution in [2.75, 3.05) is 19.7 Å². The number of halogens is 2. The van der Waals surface area contributed by atoms with Crippen LogP contribution in [0, 0.1) is 32.4 Å². The Kier molecular flexibility index (Phi) is 8.91. The first-order valence-electron chi connectivity index (χ1n) is 15.2. The van der Waals surface area contributed by atoms with E-state index >= 15 is 4.39 Å². The molecule has 1 N–H and O–H groups in total.